The summed E-state index contributed by atoms with van der Waals surface area (Å²) in [6.45, 7) is 3.85. The van der Waals surface area contributed by atoms with E-state index >= 15 is 0 Å². The second-order valence-electron chi connectivity index (χ2n) is 4.97. The predicted molar refractivity (Wildman–Crippen MR) is 77.1 cm³/mol. The van der Waals surface area contributed by atoms with Gasteiger partial charge in [0.05, 0.1) is 0 Å². The minimum atomic E-state index is -0.232. The molecule has 0 aliphatic carbocycles. The highest BCUT2D eigenvalue weighted by molar-refractivity contribution is 9.09. The molecule has 1 fully saturated rings. The SMILES string of the molecule is Cc1nc(N2CCC(CBr)CC2)cc2n[nH]c(=O)n12. The molecule has 0 radical (unpaired) electrons. The van der Waals surface area contributed by atoms with Crippen LogP contribution in [0.5, 0.6) is 0 Å². The smallest absolute Gasteiger partial charge is 0.349 e. The summed E-state index contributed by atoms with van der Waals surface area (Å²) in [5, 5.41) is 7.54. The highest BCUT2D eigenvalue weighted by Gasteiger charge is 2.20. The molecule has 0 bridgehead atoms. The molecule has 0 amide bonds. The van der Waals surface area contributed by atoms with Gasteiger partial charge in [0.2, 0.25) is 0 Å². The first-order valence-electron chi connectivity index (χ1n) is 6.44. The zero-order chi connectivity index (χ0) is 13.4. The zero-order valence-electron chi connectivity index (χ0n) is 10.8. The molecule has 2 aromatic rings. The Hall–Kier alpha value is -1.37. The number of aryl methyl sites for hydroxylation is 1. The van der Waals surface area contributed by atoms with Gasteiger partial charge >= 0.3 is 5.69 Å². The van der Waals surface area contributed by atoms with Gasteiger partial charge in [-0.25, -0.2) is 19.3 Å². The Kier molecular flexibility index (Phi) is 3.30. The number of anilines is 1. The molecule has 1 saturated heterocycles. The maximum Gasteiger partial charge on any atom is 0.349 e. The van der Waals surface area contributed by atoms with Crippen LogP contribution in [0.15, 0.2) is 10.9 Å². The lowest BCUT2D eigenvalue weighted by molar-refractivity contribution is 0.445. The molecule has 0 unspecified atom stereocenters. The standard InChI is InChI=1S/C12H16BrN5O/c1-8-14-10(6-11-15-16-12(19)18(8)11)17-4-2-9(7-13)3-5-17/h6,9H,2-5,7H2,1H3,(H,16,19). The van der Waals surface area contributed by atoms with Crippen molar-refractivity contribution in [1.29, 1.82) is 0 Å². The normalized spacial score (nSPS) is 17.3. The lowest BCUT2D eigenvalue weighted by Gasteiger charge is -2.32. The number of nitrogens with zero attached hydrogens (tertiary/aromatic N) is 4. The second kappa shape index (κ2) is 4.96. The van der Waals surface area contributed by atoms with Gasteiger partial charge in [0.15, 0.2) is 5.65 Å². The van der Waals surface area contributed by atoms with Crippen LogP contribution in [-0.2, 0) is 0 Å². The Labute approximate surface area is 119 Å². The highest BCUT2D eigenvalue weighted by atomic mass is 79.9. The van der Waals surface area contributed by atoms with Crippen molar-refractivity contribution in [1.82, 2.24) is 19.6 Å². The van der Waals surface area contributed by atoms with Crippen molar-refractivity contribution >= 4 is 27.4 Å². The number of halogens is 1. The van der Waals surface area contributed by atoms with E-state index in [0.717, 1.165) is 30.2 Å². The zero-order valence-corrected chi connectivity index (χ0v) is 12.4. The summed E-state index contributed by atoms with van der Waals surface area (Å²) in [5.41, 5.74) is 0.402. The number of rotatable bonds is 2. The monoisotopic (exact) mass is 325 g/mol. The van der Waals surface area contributed by atoms with Crippen LogP contribution in [0, 0.1) is 12.8 Å². The van der Waals surface area contributed by atoms with Crippen molar-refractivity contribution in [3.63, 3.8) is 0 Å². The van der Waals surface area contributed by atoms with Gasteiger partial charge in [-0.1, -0.05) is 15.9 Å². The Morgan fingerprint density at radius 3 is 2.89 bits per heavy atom. The van der Waals surface area contributed by atoms with Crippen molar-refractivity contribution in [2.45, 2.75) is 19.8 Å². The van der Waals surface area contributed by atoms with Gasteiger partial charge in [0.25, 0.3) is 0 Å². The van der Waals surface area contributed by atoms with E-state index < -0.39 is 0 Å². The molecule has 0 spiro atoms. The van der Waals surface area contributed by atoms with Crippen molar-refractivity contribution in [2.24, 2.45) is 5.92 Å². The Morgan fingerprint density at radius 2 is 2.21 bits per heavy atom. The molecule has 1 aliphatic heterocycles. The summed E-state index contributed by atoms with van der Waals surface area (Å²) in [7, 11) is 0. The van der Waals surface area contributed by atoms with Crippen LogP contribution in [0.4, 0.5) is 5.82 Å². The van der Waals surface area contributed by atoms with Crippen LogP contribution in [0.1, 0.15) is 18.7 Å². The Balaban J connectivity index is 1.92. The number of piperidine rings is 1. The van der Waals surface area contributed by atoms with Crippen molar-refractivity contribution in [2.75, 3.05) is 23.3 Å². The number of hydrogen-bond acceptors (Lipinski definition) is 4. The van der Waals surface area contributed by atoms with Gasteiger partial charge in [0.1, 0.15) is 11.6 Å². The van der Waals surface area contributed by atoms with E-state index in [9.17, 15) is 4.79 Å². The van der Waals surface area contributed by atoms with E-state index in [4.69, 9.17) is 0 Å². The number of fused-ring (bicyclic) bond motifs is 1. The fourth-order valence-electron chi connectivity index (χ4n) is 2.56. The van der Waals surface area contributed by atoms with Gasteiger partial charge < -0.3 is 4.90 Å². The van der Waals surface area contributed by atoms with Crippen molar-refractivity contribution in [3.05, 3.63) is 22.4 Å². The topological polar surface area (TPSA) is 66.3 Å². The summed E-state index contributed by atoms with van der Waals surface area (Å²) in [6.07, 6.45) is 2.34. The van der Waals surface area contributed by atoms with E-state index in [0.29, 0.717) is 11.5 Å². The molecule has 6 nitrogen and oxygen atoms in total. The average molecular weight is 326 g/mol. The van der Waals surface area contributed by atoms with Gasteiger partial charge in [-0.2, -0.15) is 5.10 Å². The fraction of sp³-hybridized carbons (Fsp3) is 0.583. The van der Waals surface area contributed by atoms with Gasteiger partial charge in [-0.3, -0.25) is 0 Å². The van der Waals surface area contributed by atoms with E-state index in [1.54, 1.807) is 0 Å². The van der Waals surface area contributed by atoms with E-state index in [1.807, 2.05) is 13.0 Å². The molecular formula is C12H16BrN5O. The molecule has 2 aromatic heterocycles. The largest absolute Gasteiger partial charge is 0.356 e. The number of hydrogen-bond donors (Lipinski definition) is 1. The maximum atomic E-state index is 11.6. The molecule has 0 aromatic carbocycles. The molecule has 19 heavy (non-hydrogen) atoms. The van der Waals surface area contributed by atoms with E-state index in [1.165, 1.54) is 17.2 Å². The molecule has 0 saturated carbocycles. The predicted octanol–water partition coefficient (Wildman–Crippen LogP) is 1.34. The van der Waals surface area contributed by atoms with E-state index in [-0.39, 0.29) is 5.69 Å². The Morgan fingerprint density at radius 1 is 1.47 bits per heavy atom. The van der Waals surface area contributed by atoms with Crippen LogP contribution >= 0.6 is 15.9 Å². The third-order valence-corrected chi connectivity index (χ3v) is 4.63. The molecule has 3 rings (SSSR count). The lowest BCUT2D eigenvalue weighted by Crippen LogP contribution is -2.35. The lowest BCUT2D eigenvalue weighted by atomic mass is 9.99. The van der Waals surface area contributed by atoms with Gasteiger partial charge in [-0.15, -0.1) is 0 Å². The summed E-state index contributed by atoms with van der Waals surface area (Å²) in [5.74, 6) is 2.35. The molecular weight excluding hydrogens is 310 g/mol. The highest BCUT2D eigenvalue weighted by Crippen LogP contribution is 2.23. The van der Waals surface area contributed by atoms with Crippen LogP contribution in [-0.4, -0.2) is 38.0 Å². The summed E-state index contributed by atoms with van der Waals surface area (Å²) in [4.78, 5) is 18.4. The molecule has 7 heteroatoms. The number of alkyl halides is 1. The minimum Gasteiger partial charge on any atom is -0.356 e. The summed E-state index contributed by atoms with van der Waals surface area (Å²) >= 11 is 3.55. The van der Waals surface area contributed by atoms with Crippen molar-refractivity contribution < 1.29 is 0 Å². The first kappa shape index (κ1) is 12.7. The van der Waals surface area contributed by atoms with Crippen LogP contribution in [0.25, 0.3) is 5.65 Å². The number of nitrogens with one attached hydrogen (secondary N) is 1. The first-order valence-corrected chi connectivity index (χ1v) is 7.57. The van der Waals surface area contributed by atoms with Crippen LogP contribution in [0.2, 0.25) is 0 Å². The molecule has 102 valence electrons. The summed E-state index contributed by atoms with van der Waals surface area (Å²) in [6, 6.07) is 1.87. The third kappa shape index (κ3) is 2.27. The number of aromatic nitrogens is 4. The summed E-state index contributed by atoms with van der Waals surface area (Å²) < 4.78 is 1.49. The molecule has 3 heterocycles. The third-order valence-electron chi connectivity index (χ3n) is 3.71. The molecule has 0 atom stereocenters. The first-order chi connectivity index (χ1) is 9.19. The second-order valence-corrected chi connectivity index (χ2v) is 5.62. The molecule has 1 N–H and O–H groups in total. The molecule has 1 aliphatic rings. The quantitative estimate of drug-likeness (QED) is 0.846. The Bertz CT molecular complexity index is 641. The van der Waals surface area contributed by atoms with Crippen molar-refractivity contribution in [3.8, 4) is 0 Å². The average Bonchev–Trinajstić information content (AvgIpc) is 2.81. The minimum absolute atomic E-state index is 0.232. The van der Waals surface area contributed by atoms with Crippen LogP contribution in [0.3, 0.4) is 0 Å². The van der Waals surface area contributed by atoms with E-state index in [2.05, 4.69) is 36.0 Å². The van der Waals surface area contributed by atoms with Crippen LogP contribution < -0.4 is 10.6 Å². The number of H-pyrrole nitrogens is 1. The van der Waals surface area contributed by atoms with Gasteiger partial charge in [-0.05, 0) is 25.7 Å². The fourth-order valence-corrected chi connectivity index (χ4v) is 3.21. The maximum absolute atomic E-state index is 11.6. The number of aromatic amines is 1. The van der Waals surface area contributed by atoms with Gasteiger partial charge in [0, 0.05) is 24.5 Å².